The maximum atomic E-state index is 11.7. The Kier molecular flexibility index (Phi) is 5.87. The molecule has 0 bridgehead atoms. The predicted octanol–water partition coefficient (Wildman–Crippen LogP) is 1.36. The van der Waals surface area contributed by atoms with Crippen molar-refractivity contribution in [3.05, 3.63) is 35.9 Å². The summed E-state index contributed by atoms with van der Waals surface area (Å²) in [5, 5.41) is 18.9. The average Bonchev–Trinajstić information content (AvgIpc) is 2.37. The van der Waals surface area contributed by atoms with E-state index in [1.165, 1.54) is 0 Å². The summed E-state index contributed by atoms with van der Waals surface area (Å²) in [6.45, 7) is 4.84. The number of carbonyl (C=O) groups is 2. The molecule has 0 unspecified atom stereocenters. The monoisotopic (exact) mass is 296 g/mol. The number of carbonyl (C=O) groups excluding carboxylic acids is 1. The highest BCUT2D eigenvalue weighted by molar-refractivity contribution is 5.84. The van der Waals surface area contributed by atoms with Crippen molar-refractivity contribution < 1.29 is 29.3 Å². The van der Waals surface area contributed by atoms with Crippen LogP contribution < -0.4 is 0 Å². The van der Waals surface area contributed by atoms with Crippen LogP contribution in [0.2, 0.25) is 0 Å². The van der Waals surface area contributed by atoms with E-state index in [0.29, 0.717) is 0 Å². The van der Waals surface area contributed by atoms with Gasteiger partial charge in [-0.3, -0.25) is 0 Å². The first-order valence-corrected chi connectivity index (χ1v) is 6.50. The number of aliphatic carboxylic acids is 1. The fraction of sp³-hybridized carbons (Fsp3) is 0.467. The fourth-order valence-electron chi connectivity index (χ4n) is 1.54. The molecule has 21 heavy (non-hydrogen) atoms. The van der Waals surface area contributed by atoms with Crippen molar-refractivity contribution in [2.45, 2.75) is 45.2 Å². The Hall–Kier alpha value is -1.92. The summed E-state index contributed by atoms with van der Waals surface area (Å²) in [6, 6.07) is 8.86. The molecule has 0 aliphatic carbocycles. The van der Waals surface area contributed by atoms with Gasteiger partial charge in [0.2, 0.25) is 0 Å². The van der Waals surface area contributed by atoms with Gasteiger partial charge in [0.15, 0.2) is 12.2 Å². The maximum Gasteiger partial charge on any atom is 0.338 e. The highest BCUT2D eigenvalue weighted by Crippen LogP contribution is 2.13. The number of benzene rings is 1. The molecule has 116 valence electrons. The number of carboxylic acids is 1. The van der Waals surface area contributed by atoms with Gasteiger partial charge in [0, 0.05) is 0 Å². The number of rotatable bonds is 6. The average molecular weight is 296 g/mol. The number of esters is 1. The highest BCUT2D eigenvalue weighted by Gasteiger charge is 2.36. The van der Waals surface area contributed by atoms with Gasteiger partial charge >= 0.3 is 11.9 Å². The summed E-state index contributed by atoms with van der Waals surface area (Å²) in [7, 11) is 0. The summed E-state index contributed by atoms with van der Waals surface area (Å²) in [4.78, 5) is 22.8. The molecule has 1 rings (SSSR count). The lowest BCUT2D eigenvalue weighted by Gasteiger charge is -2.24. The number of aliphatic hydroxyl groups is 1. The number of hydrogen-bond donors (Lipinski definition) is 2. The largest absolute Gasteiger partial charge is 0.479 e. The van der Waals surface area contributed by atoms with Crippen LogP contribution in [-0.2, 0) is 25.7 Å². The lowest BCUT2D eigenvalue weighted by molar-refractivity contribution is -0.182. The third kappa shape index (κ3) is 5.93. The quantitative estimate of drug-likeness (QED) is 0.770. The molecule has 2 atom stereocenters. The molecule has 1 aromatic rings. The van der Waals surface area contributed by atoms with Crippen LogP contribution in [0.25, 0.3) is 0 Å². The van der Waals surface area contributed by atoms with Gasteiger partial charge in [0.05, 0.1) is 6.61 Å². The predicted molar refractivity (Wildman–Crippen MR) is 74.5 cm³/mol. The Balaban J connectivity index is 2.68. The lowest BCUT2D eigenvalue weighted by Crippen LogP contribution is -2.44. The molecule has 0 spiro atoms. The summed E-state index contributed by atoms with van der Waals surface area (Å²) in [6.07, 6.45) is -3.56. The second-order valence-corrected chi connectivity index (χ2v) is 5.53. The van der Waals surface area contributed by atoms with Crippen molar-refractivity contribution in [3.8, 4) is 0 Å². The molecule has 0 radical (unpaired) electrons. The van der Waals surface area contributed by atoms with Crippen LogP contribution >= 0.6 is 0 Å². The van der Waals surface area contributed by atoms with Gasteiger partial charge in [-0.05, 0) is 26.3 Å². The SMILES string of the molecule is CC(C)(C)OC(=O)[C@H](O)[C@@H](OCc1ccccc1)C(=O)O. The smallest absolute Gasteiger partial charge is 0.338 e. The molecule has 0 aromatic heterocycles. The second kappa shape index (κ2) is 7.19. The third-order valence-corrected chi connectivity index (χ3v) is 2.45. The van der Waals surface area contributed by atoms with E-state index in [1.54, 1.807) is 45.0 Å². The number of hydrogen-bond acceptors (Lipinski definition) is 5. The molecule has 0 amide bonds. The normalized spacial score (nSPS) is 14.3. The van der Waals surface area contributed by atoms with Crippen molar-refractivity contribution >= 4 is 11.9 Å². The van der Waals surface area contributed by atoms with Crippen molar-refractivity contribution in [1.29, 1.82) is 0 Å². The summed E-state index contributed by atoms with van der Waals surface area (Å²) < 4.78 is 10.1. The van der Waals surface area contributed by atoms with Crippen LogP contribution in [0.15, 0.2) is 30.3 Å². The Morgan fingerprint density at radius 3 is 2.24 bits per heavy atom. The molecule has 0 heterocycles. The molecule has 0 saturated heterocycles. The first-order valence-electron chi connectivity index (χ1n) is 6.50. The minimum Gasteiger partial charge on any atom is -0.479 e. The van der Waals surface area contributed by atoms with Gasteiger partial charge in [-0.15, -0.1) is 0 Å². The molecule has 6 heteroatoms. The van der Waals surface area contributed by atoms with E-state index in [-0.39, 0.29) is 6.61 Å². The maximum absolute atomic E-state index is 11.7. The van der Waals surface area contributed by atoms with Crippen molar-refractivity contribution in [2.75, 3.05) is 0 Å². The van der Waals surface area contributed by atoms with Crippen molar-refractivity contribution in [1.82, 2.24) is 0 Å². The lowest BCUT2D eigenvalue weighted by atomic mass is 10.1. The van der Waals surface area contributed by atoms with Crippen LogP contribution in [0.5, 0.6) is 0 Å². The van der Waals surface area contributed by atoms with E-state index in [0.717, 1.165) is 5.56 Å². The highest BCUT2D eigenvalue weighted by atomic mass is 16.6. The first-order chi connectivity index (χ1) is 9.70. The second-order valence-electron chi connectivity index (χ2n) is 5.53. The molecular formula is C15H20O6. The Bertz CT molecular complexity index is 477. The minimum absolute atomic E-state index is 0.0301. The molecule has 0 aliphatic rings. The number of aliphatic hydroxyl groups excluding tert-OH is 1. The molecule has 1 aromatic carbocycles. The third-order valence-electron chi connectivity index (χ3n) is 2.45. The van der Waals surface area contributed by atoms with E-state index >= 15 is 0 Å². The molecular weight excluding hydrogens is 276 g/mol. The van der Waals surface area contributed by atoms with E-state index in [9.17, 15) is 14.7 Å². The van der Waals surface area contributed by atoms with Gasteiger partial charge in [-0.25, -0.2) is 9.59 Å². The van der Waals surface area contributed by atoms with Crippen LogP contribution in [0.4, 0.5) is 0 Å². The van der Waals surface area contributed by atoms with E-state index in [2.05, 4.69) is 0 Å². The van der Waals surface area contributed by atoms with E-state index in [4.69, 9.17) is 14.6 Å². The summed E-state index contributed by atoms with van der Waals surface area (Å²) in [5.74, 6) is -2.45. The van der Waals surface area contributed by atoms with Gasteiger partial charge < -0.3 is 19.7 Å². The zero-order valence-electron chi connectivity index (χ0n) is 12.3. The number of ether oxygens (including phenoxy) is 2. The van der Waals surface area contributed by atoms with Gasteiger partial charge in [0.1, 0.15) is 5.60 Å². The number of carboxylic acid groups (broad SMARTS) is 1. The zero-order chi connectivity index (χ0) is 16.0. The van der Waals surface area contributed by atoms with Crippen LogP contribution in [0, 0.1) is 0 Å². The molecule has 2 N–H and O–H groups in total. The van der Waals surface area contributed by atoms with Gasteiger partial charge in [-0.2, -0.15) is 0 Å². The topological polar surface area (TPSA) is 93.1 Å². The molecule has 0 fully saturated rings. The van der Waals surface area contributed by atoms with Crippen LogP contribution in [-0.4, -0.2) is 40.0 Å². The van der Waals surface area contributed by atoms with Gasteiger partial charge in [-0.1, -0.05) is 30.3 Å². The Morgan fingerprint density at radius 2 is 1.76 bits per heavy atom. The summed E-state index contributed by atoms with van der Waals surface area (Å²) in [5.41, 5.74) is -0.0827. The van der Waals surface area contributed by atoms with Crippen molar-refractivity contribution in [3.63, 3.8) is 0 Å². The van der Waals surface area contributed by atoms with E-state index in [1.807, 2.05) is 6.07 Å². The standard InChI is InChI=1S/C15H20O6/c1-15(2,3)21-14(19)11(16)12(13(17)18)20-9-10-7-5-4-6-8-10/h4-8,11-12,16H,9H2,1-3H3,(H,17,18)/t11-,12-/m1/s1. The zero-order valence-corrected chi connectivity index (χ0v) is 12.3. The molecule has 0 aliphatic heterocycles. The molecule has 0 saturated carbocycles. The van der Waals surface area contributed by atoms with E-state index < -0.39 is 29.7 Å². The fourth-order valence-corrected chi connectivity index (χ4v) is 1.54. The Morgan fingerprint density at radius 1 is 1.19 bits per heavy atom. The summed E-state index contributed by atoms with van der Waals surface area (Å²) >= 11 is 0. The molecule has 6 nitrogen and oxygen atoms in total. The minimum atomic E-state index is -1.88. The Labute approximate surface area is 123 Å². The first kappa shape index (κ1) is 17.1. The van der Waals surface area contributed by atoms with Crippen LogP contribution in [0.1, 0.15) is 26.3 Å². The van der Waals surface area contributed by atoms with Gasteiger partial charge in [0.25, 0.3) is 0 Å². The van der Waals surface area contributed by atoms with Crippen molar-refractivity contribution in [2.24, 2.45) is 0 Å². The van der Waals surface area contributed by atoms with Crippen LogP contribution in [0.3, 0.4) is 0 Å².